The third-order valence-electron chi connectivity index (χ3n) is 3.77. The summed E-state index contributed by atoms with van der Waals surface area (Å²) in [5.74, 6) is 0.816. The molecule has 0 aromatic carbocycles. The second kappa shape index (κ2) is 6.61. The van der Waals surface area contributed by atoms with Crippen molar-refractivity contribution in [3.8, 4) is 0 Å². The van der Waals surface area contributed by atoms with E-state index < -0.39 is 0 Å². The first-order chi connectivity index (χ1) is 7.55. The molecule has 0 amide bonds. The van der Waals surface area contributed by atoms with Crippen molar-refractivity contribution in [2.24, 2.45) is 11.3 Å². The van der Waals surface area contributed by atoms with Gasteiger partial charge in [0, 0.05) is 19.3 Å². The van der Waals surface area contributed by atoms with Gasteiger partial charge in [0.1, 0.15) is 0 Å². The first kappa shape index (κ1) is 14.0. The average molecular weight is 227 g/mol. The van der Waals surface area contributed by atoms with E-state index in [2.05, 4.69) is 33.0 Å². The molecule has 0 bridgehead atoms. The number of hydrogen-bond acceptors (Lipinski definition) is 2. The van der Waals surface area contributed by atoms with Gasteiger partial charge in [-0.2, -0.15) is 0 Å². The molecular formula is C14H29NO. The second-order valence-corrected chi connectivity index (χ2v) is 6.00. The average Bonchev–Trinajstić information content (AvgIpc) is 2.20. The van der Waals surface area contributed by atoms with Crippen molar-refractivity contribution < 1.29 is 4.74 Å². The van der Waals surface area contributed by atoms with Crippen molar-refractivity contribution in [2.45, 2.75) is 59.4 Å². The third-order valence-corrected chi connectivity index (χ3v) is 3.77. The van der Waals surface area contributed by atoms with Gasteiger partial charge in [0.25, 0.3) is 0 Å². The molecule has 0 aromatic heterocycles. The fraction of sp³-hybridized carbons (Fsp3) is 1.00. The Kier molecular flexibility index (Phi) is 5.77. The molecule has 96 valence electrons. The van der Waals surface area contributed by atoms with Gasteiger partial charge in [-0.3, -0.25) is 0 Å². The van der Waals surface area contributed by atoms with Crippen LogP contribution in [0.5, 0.6) is 0 Å². The summed E-state index contributed by atoms with van der Waals surface area (Å²) < 4.78 is 5.34. The molecule has 0 saturated heterocycles. The van der Waals surface area contributed by atoms with Crippen molar-refractivity contribution >= 4 is 0 Å². The third kappa shape index (κ3) is 4.84. The zero-order valence-corrected chi connectivity index (χ0v) is 11.5. The van der Waals surface area contributed by atoms with Gasteiger partial charge in [-0.25, -0.2) is 0 Å². The summed E-state index contributed by atoms with van der Waals surface area (Å²) in [5, 5.41) is 3.69. The van der Waals surface area contributed by atoms with Crippen molar-refractivity contribution in [1.82, 2.24) is 5.32 Å². The predicted octanol–water partition coefficient (Wildman–Crippen LogP) is 3.22. The molecule has 0 spiro atoms. The molecule has 2 nitrogen and oxygen atoms in total. The molecule has 2 heteroatoms. The number of ether oxygens (including phenoxy) is 1. The minimum absolute atomic E-state index is 0.558. The van der Waals surface area contributed by atoms with Crippen LogP contribution >= 0.6 is 0 Å². The van der Waals surface area contributed by atoms with Gasteiger partial charge >= 0.3 is 0 Å². The highest BCUT2D eigenvalue weighted by molar-refractivity contribution is 4.86. The molecule has 0 aliphatic heterocycles. The lowest BCUT2D eigenvalue weighted by molar-refractivity contribution is 0.131. The van der Waals surface area contributed by atoms with Crippen molar-refractivity contribution in [3.63, 3.8) is 0 Å². The molecule has 1 rings (SSSR count). The van der Waals surface area contributed by atoms with Crippen LogP contribution in [0.25, 0.3) is 0 Å². The van der Waals surface area contributed by atoms with Crippen LogP contribution in [0.4, 0.5) is 0 Å². The van der Waals surface area contributed by atoms with E-state index in [-0.39, 0.29) is 0 Å². The molecule has 1 N–H and O–H groups in total. The van der Waals surface area contributed by atoms with Crippen LogP contribution in [0.3, 0.4) is 0 Å². The zero-order chi connectivity index (χ0) is 12.0. The molecule has 0 radical (unpaired) electrons. The maximum absolute atomic E-state index is 5.34. The van der Waals surface area contributed by atoms with Crippen LogP contribution in [0.2, 0.25) is 0 Å². The fourth-order valence-corrected chi connectivity index (χ4v) is 2.86. The van der Waals surface area contributed by atoms with Gasteiger partial charge in [-0.05, 0) is 50.5 Å². The monoisotopic (exact) mass is 227 g/mol. The topological polar surface area (TPSA) is 21.3 Å². The Balaban J connectivity index is 2.13. The van der Waals surface area contributed by atoms with Gasteiger partial charge in [0.2, 0.25) is 0 Å². The van der Waals surface area contributed by atoms with Crippen LogP contribution in [0, 0.1) is 11.3 Å². The predicted molar refractivity (Wildman–Crippen MR) is 69.7 cm³/mol. The highest BCUT2D eigenvalue weighted by atomic mass is 16.5. The van der Waals surface area contributed by atoms with E-state index in [1.54, 1.807) is 0 Å². The first-order valence-electron chi connectivity index (χ1n) is 6.86. The van der Waals surface area contributed by atoms with Gasteiger partial charge in [-0.1, -0.05) is 20.8 Å². The van der Waals surface area contributed by atoms with Crippen molar-refractivity contribution in [1.29, 1.82) is 0 Å². The SMILES string of the molecule is CCOCCCNC1CCC(C)(C)CC1C. The van der Waals surface area contributed by atoms with E-state index in [1.807, 2.05) is 0 Å². The molecule has 1 aliphatic carbocycles. The summed E-state index contributed by atoms with van der Waals surface area (Å²) in [5.41, 5.74) is 0.558. The van der Waals surface area contributed by atoms with E-state index >= 15 is 0 Å². The Morgan fingerprint density at radius 3 is 2.75 bits per heavy atom. The minimum Gasteiger partial charge on any atom is -0.382 e. The van der Waals surface area contributed by atoms with Gasteiger partial charge < -0.3 is 10.1 Å². The molecular weight excluding hydrogens is 198 g/mol. The van der Waals surface area contributed by atoms with Gasteiger partial charge in [0.05, 0.1) is 0 Å². The smallest absolute Gasteiger partial charge is 0.0477 e. The second-order valence-electron chi connectivity index (χ2n) is 6.00. The van der Waals surface area contributed by atoms with E-state index in [1.165, 1.54) is 19.3 Å². The Bertz CT molecular complexity index is 191. The quantitative estimate of drug-likeness (QED) is 0.704. The molecule has 2 unspecified atom stereocenters. The highest BCUT2D eigenvalue weighted by Crippen LogP contribution is 2.38. The lowest BCUT2D eigenvalue weighted by Gasteiger charge is -2.39. The molecule has 2 atom stereocenters. The molecule has 0 aromatic rings. The van der Waals surface area contributed by atoms with Gasteiger partial charge in [0.15, 0.2) is 0 Å². The standard InChI is InChI=1S/C14H29NO/c1-5-16-10-6-9-15-13-7-8-14(3,4)11-12(13)2/h12-13,15H,5-11H2,1-4H3. The first-order valence-corrected chi connectivity index (χ1v) is 6.86. The van der Waals surface area contributed by atoms with Crippen LogP contribution < -0.4 is 5.32 Å². The van der Waals surface area contributed by atoms with Gasteiger partial charge in [-0.15, -0.1) is 0 Å². The van der Waals surface area contributed by atoms with E-state index in [0.29, 0.717) is 5.41 Å². The Labute approximate surface area is 101 Å². The lowest BCUT2D eigenvalue weighted by atomic mass is 9.70. The summed E-state index contributed by atoms with van der Waals surface area (Å²) >= 11 is 0. The van der Waals surface area contributed by atoms with Crippen molar-refractivity contribution in [2.75, 3.05) is 19.8 Å². The minimum atomic E-state index is 0.558. The maximum Gasteiger partial charge on any atom is 0.0477 e. The maximum atomic E-state index is 5.34. The lowest BCUT2D eigenvalue weighted by Crippen LogP contribution is -2.42. The molecule has 16 heavy (non-hydrogen) atoms. The summed E-state index contributed by atoms with van der Waals surface area (Å²) in [6, 6.07) is 0.731. The summed E-state index contributed by atoms with van der Waals surface area (Å²) in [4.78, 5) is 0. The summed E-state index contributed by atoms with van der Waals surface area (Å²) in [6.45, 7) is 12.1. The number of nitrogens with one attached hydrogen (secondary N) is 1. The van der Waals surface area contributed by atoms with Crippen LogP contribution in [0.1, 0.15) is 53.4 Å². The zero-order valence-electron chi connectivity index (χ0n) is 11.5. The largest absolute Gasteiger partial charge is 0.382 e. The van der Waals surface area contributed by atoms with E-state index in [9.17, 15) is 0 Å². The normalized spacial score (nSPS) is 29.2. The van der Waals surface area contributed by atoms with Crippen LogP contribution in [0.15, 0.2) is 0 Å². The van der Waals surface area contributed by atoms with E-state index in [0.717, 1.165) is 38.1 Å². The number of rotatable bonds is 6. The van der Waals surface area contributed by atoms with Crippen LogP contribution in [-0.2, 0) is 4.74 Å². The van der Waals surface area contributed by atoms with Crippen molar-refractivity contribution in [3.05, 3.63) is 0 Å². The number of hydrogen-bond donors (Lipinski definition) is 1. The Hall–Kier alpha value is -0.0800. The molecule has 1 fully saturated rings. The highest BCUT2D eigenvalue weighted by Gasteiger charge is 2.31. The summed E-state index contributed by atoms with van der Waals surface area (Å²) in [7, 11) is 0. The molecule has 1 saturated carbocycles. The Morgan fingerprint density at radius 1 is 1.38 bits per heavy atom. The molecule has 1 aliphatic rings. The Morgan fingerprint density at radius 2 is 2.12 bits per heavy atom. The van der Waals surface area contributed by atoms with E-state index in [4.69, 9.17) is 4.74 Å². The summed E-state index contributed by atoms with van der Waals surface area (Å²) in [6.07, 6.45) is 5.19. The molecule has 0 heterocycles. The van der Waals surface area contributed by atoms with Crippen LogP contribution in [-0.4, -0.2) is 25.8 Å². The fourth-order valence-electron chi connectivity index (χ4n) is 2.86.